The zero-order valence-corrected chi connectivity index (χ0v) is 8.50. The highest BCUT2D eigenvalue weighted by molar-refractivity contribution is 7.09. The predicted octanol–water partition coefficient (Wildman–Crippen LogP) is 1.83. The molecular formula is C10H11N3S. The standard InChI is InChI=1S/C10H11N3S/c1-2-10(14-5-1)8-11-6-9-3-4-12-13-7-9/h1-5,7,11H,6,8H2. The van der Waals surface area contributed by atoms with Crippen LogP contribution in [0.15, 0.2) is 36.0 Å². The molecule has 0 unspecified atom stereocenters. The summed E-state index contributed by atoms with van der Waals surface area (Å²) in [6.07, 6.45) is 3.49. The lowest BCUT2D eigenvalue weighted by Gasteiger charge is -2.01. The summed E-state index contributed by atoms with van der Waals surface area (Å²) in [5.41, 5.74) is 1.16. The Labute approximate surface area is 86.8 Å². The van der Waals surface area contributed by atoms with Crippen molar-refractivity contribution in [2.24, 2.45) is 0 Å². The highest BCUT2D eigenvalue weighted by Gasteiger charge is 1.94. The fourth-order valence-electron chi connectivity index (χ4n) is 1.17. The van der Waals surface area contributed by atoms with Crippen molar-refractivity contribution in [1.82, 2.24) is 15.5 Å². The van der Waals surface area contributed by atoms with Crippen molar-refractivity contribution in [3.63, 3.8) is 0 Å². The van der Waals surface area contributed by atoms with Gasteiger partial charge in [0.25, 0.3) is 0 Å². The Kier molecular flexibility index (Phi) is 3.21. The molecular weight excluding hydrogens is 194 g/mol. The number of nitrogens with zero attached hydrogens (tertiary/aromatic N) is 2. The first-order valence-electron chi connectivity index (χ1n) is 4.44. The van der Waals surface area contributed by atoms with Crippen LogP contribution in [0, 0.1) is 0 Å². The Morgan fingerprint density at radius 1 is 1.21 bits per heavy atom. The number of thiophene rings is 1. The summed E-state index contributed by atoms with van der Waals surface area (Å²) in [5, 5.41) is 13.0. The summed E-state index contributed by atoms with van der Waals surface area (Å²) in [7, 11) is 0. The van der Waals surface area contributed by atoms with Gasteiger partial charge in [0.05, 0.1) is 6.20 Å². The minimum Gasteiger partial charge on any atom is -0.308 e. The maximum absolute atomic E-state index is 3.81. The second-order valence-electron chi connectivity index (χ2n) is 2.93. The third kappa shape index (κ3) is 2.61. The van der Waals surface area contributed by atoms with Gasteiger partial charge < -0.3 is 5.32 Å². The van der Waals surface area contributed by atoms with E-state index in [0.29, 0.717) is 0 Å². The fourth-order valence-corrected chi connectivity index (χ4v) is 1.84. The molecule has 0 bridgehead atoms. The smallest absolute Gasteiger partial charge is 0.0541 e. The van der Waals surface area contributed by atoms with E-state index in [2.05, 4.69) is 33.0 Å². The van der Waals surface area contributed by atoms with Crippen molar-refractivity contribution >= 4 is 11.3 Å². The summed E-state index contributed by atoms with van der Waals surface area (Å²) < 4.78 is 0. The van der Waals surface area contributed by atoms with Crippen molar-refractivity contribution in [3.8, 4) is 0 Å². The molecule has 0 aliphatic rings. The second kappa shape index (κ2) is 4.83. The quantitative estimate of drug-likeness (QED) is 0.827. The molecule has 0 atom stereocenters. The Bertz CT molecular complexity index is 358. The third-order valence-electron chi connectivity index (χ3n) is 1.85. The number of rotatable bonds is 4. The topological polar surface area (TPSA) is 37.8 Å². The molecule has 2 heterocycles. The Hall–Kier alpha value is -1.26. The van der Waals surface area contributed by atoms with E-state index in [4.69, 9.17) is 0 Å². The van der Waals surface area contributed by atoms with Crippen LogP contribution in [0.2, 0.25) is 0 Å². The average Bonchev–Trinajstić information content (AvgIpc) is 2.72. The summed E-state index contributed by atoms with van der Waals surface area (Å²) in [5.74, 6) is 0. The lowest BCUT2D eigenvalue weighted by molar-refractivity contribution is 0.696. The van der Waals surface area contributed by atoms with Crippen molar-refractivity contribution < 1.29 is 0 Å². The maximum atomic E-state index is 3.81. The van der Waals surface area contributed by atoms with Crippen LogP contribution in [0.5, 0.6) is 0 Å². The van der Waals surface area contributed by atoms with E-state index in [1.807, 2.05) is 6.07 Å². The lowest BCUT2D eigenvalue weighted by Crippen LogP contribution is -2.11. The maximum Gasteiger partial charge on any atom is 0.0541 e. The van der Waals surface area contributed by atoms with Gasteiger partial charge >= 0.3 is 0 Å². The molecule has 4 heteroatoms. The monoisotopic (exact) mass is 205 g/mol. The fraction of sp³-hybridized carbons (Fsp3) is 0.200. The van der Waals surface area contributed by atoms with E-state index in [9.17, 15) is 0 Å². The molecule has 2 aromatic rings. The predicted molar refractivity (Wildman–Crippen MR) is 56.9 cm³/mol. The Balaban J connectivity index is 1.79. The van der Waals surface area contributed by atoms with E-state index in [0.717, 1.165) is 18.7 Å². The Morgan fingerprint density at radius 2 is 2.21 bits per heavy atom. The molecule has 2 rings (SSSR count). The molecule has 0 saturated heterocycles. The van der Waals surface area contributed by atoms with Crippen LogP contribution in [-0.4, -0.2) is 10.2 Å². The molecule has 0 saturated carbocycles. The van der Waals surface area contributed by atoms with Gasteiger partial charge in [-0.25, -0.2) is 0 Å². The van der Waals surface area contributed by atoms with E-state index in [1.165, 1.54) is 4.88 Å². The van der Waals surface area contributed by atoms with E-state index < -0.39 is 0 Å². The van der Waals surface area contributed by atoms with Crippen LogP contribution < -0.4 is 5.32 Å². The van der Waals surface area contributed by atoms with Crippen molar-refractivity contribution in [1.29, 1.82) is 0 Å². The SMILES string of the molecule is c1csc(CNCc2ccnnc2)c1. The van der Waals surface area contributed by atoms with Gasteiger partial charge in [0.15, 0.2) is 0 Å². The summed E-state index contributed by atoms with van der Waals surface area (Å²) >= 11 is 1.77. The van der Waals surface area contributed by atoms with Gasteiger partial charge in [-0.15, -0.1) is 11.3 Å². The number of hydrogen-bond donors (Lipinski definition) is 1. The van der Waals surface area contributed by atoms with Gasteiger partial charge in [-0.1, -0.05) is 6.07 Å². The van der Waals surface area contributed by atoms with Gasteiger partial charge in [0.2, 0.25) is 0 Å². The normalized spacial score (nSPS) is 10.3. The van der Waals surface area contributed by atoms with E-state index in [1.54, 1.807) is 23.7 Å². The van der Waals surface area contributed by atoms with Gasteiger partial charge in [0, 0.05) is 24.2 Å². The van der Waals surface area contributed by atoms with Crippen molar-refractivity contribution in [3.05, 3.63) is 46.4 Å². The third-order valence-corrected chi connectivity index (χ3v) is 2.73. The zero-order chi connectivity index (χ0) is 9.64. The zero-order valence-electron chi connectivity index (χ0n) is 7.68. The molecule has 2 aromatic heterocycles. The molecule has 0 amide bonds. The average molecular weight is 205 g/mol. The van der Waals surface area contributed by atoms with Crippen molar-refractivity contribution in [2.45, 2.75) is 13.1 Å². The molecule has 0 radical (unpaired) electrons. The van der Waals surface area contributed by atoms with Gasteiger partial charge in [-0.3, -0.25) is 0 Å². The molecule has 0 aliphatic carbocycles. The van der Waals surface area contributed by atoms with Crippen LogP contribution in [0.25, 0.3) is 0 Å². The highest BCUT2D eigenvalue weighted by atomic mass is 32.1. The van der Waals surface area contributed by atoms with Gasteiger partial charge in [-0.2, -0.15) is 10.2 Å². The van der Waals surface area contributed by atoms with Crippen LogP contribution >= 0.6 is 11.3 Å². The molecule has 0 aliphatic heterocycles. The number of aromatic nitrogens is 2. The summed E-state index contributed by atoms with van der Waals surface area (Å²) in [6.45, 7) is 1.76. The molecule has 3 nitrogen and oxygen atoms in total. The molecule has 1 N–H and O–H groups in total. The van der Waals surface area contributed by atoms with Gasteiger partial charge in [0.1, 0.15) is 0 Å². The van der Waals surface area contributed by atoms with E-state index >= 15 is 0 Å². The molecule has 0 fully saturated rings. The number of nitrogens with one attached hydrogen (secondary N) is 1. The largest absolute Gasteiger partial charge is 0.308 e. The molecule has 14 heavy (non-hydrogen) atoms. The summed E-state index contributed by atoms with van der Waals surface area (Å²) in [6, 6.07) is 6.16. The van der Waals surface area contributed by atoms with Crippen LogP contribution in [0.3, 0.4) is 0 Å². The minimum atomic E-state index is 0.841. The number of hydrogen-bond acceptors (Lipinski definition) is 4. The first-order chi connectivity index (χ1) is 6.95. The van der Waals surface area contributed by atoms with Gasteiger partial charge in [-0.05, 0) is 23.1 Å². The minimum absolute atomic E-state index is 0.841. The van der Waals surface area contributed by atoms with E-state index in [-0.39, 0.29) is 0 Å². The summed E-state index contributed by atoms with van der Waals surface area (Å²) in [4.78, 5) is 1.35. The Morgan fingerprint density at radius 3 is 2.93 bits per heavy atom. The second-order valence-corrected chi connectivity index (χ2v) is 3.97. The molecule has 0 spiro atoms. The lowest BCUT2D eigenvalue weighted by atomic mass is 10.3. The van der Waals surface area contributed by atoms with Crippen molar-refractivity contribution in [2.75, 3.05) is 0 Å². The highest BCUT2D eigenvalue weighted by Crippen LogP contribution is 2.07. The van der Waals surface area contributed by atoms with Crippen LogP contribution in [-0.2, 0) is 13.1 Å². The first-order valence-corrected chi connectivity index (χ1v) is 5.32. The van der Waals surface area contributed by atoms with Crippen LogP contribution in [0.1, 0.15) is 10.4 Å². The van der Waals surface area contributed by atoms with Crippen LogP contribution in [0.4, 0.5) is 0 Å². The first kappa shape index (κ1) is 9.30. The molecule has 72 valence electrons. The molecule has 0 aromatic carbocycles.